The first-order valence-corrected chi connectivity index (χ1v) is 7.92. The molecule has 0 spiro atoms. The Morgan fingerprint density at radius 1 is 1.00 bits per heavy atom. The van der Waals surface area contributed by atoms with Gasteiger partial charge in [0.25, 0.3) is 0 Å². The molecule has 0 radical (unpaired) electrons. The fourth-order valence-electron chi connectivity index (χ4n) is 2.42. The molecule has 0 aromatic heterocycles. The first-order valence-electron chi connectivity index (χ1n) is 7.92. The van der Waals surface area contributed by atoms with Crippen molar-refractivity contribution in [1.82, 2.24) is 0 Å². The summed E-state index contributed by atoms with van der Waals surface area (Å²) in [7, 11) is 0. The molecular weight excluding hydrogens is 267 g/mol. The predicted octanol–water partition coefficient (Wildman–Crippen LogP) is 2.44. The summed E-state index contributed by atoms with van der Waals surface area (Å²) in [6.45, 7) is 15.2. The van der Waals surface area contributed by atoms with Gasteiger partial charge >= 0.3 is 24.8 Å². The molecule has 118 valence electrons. The van der Waals surface area contributed by atoms with Gasteiger partial charge in [0.15, 0.2) is 0 Å². The maximum atomic E-state index is 12.5. The average Bonchev–Trinajstić information content (AvgIpc) is 2.42. The molecule has 2 nitrogen and oxygen atoms in total. The Labute approximate surface area is 148 Å². The maximum absolute atomic E-state index is 12.5. The van der Waals surface area contributed by atoms with Gasteiger partial charge in [0, 0.05) is 0 Å². The van der Waals surface area contributed by atoms with Crippen LogP contribution in [-0.4, -0.2) is 12.6 Å². The van der Waals surface area contributed by atoms with E-state index in [2.05, 4.69) is 53.7 Å². The van der Waals surface area contributed by atoms with Crippen LogP contribution in [0.15, 0.2) is 12.1 Å². The summed E-state index contributed by atoms with van der Waals surface area (Å²) in [5, 5.41) is 0. The van der Waals surface area contributed by atoms with E-state index in [1.54, 1.807) is 0 Å². The van der Waals surface area contributed by atoms with Gasteiger partial charge in [0.05, 0.1) is 5.56 Å². The van der Waals surface area contributed by atoms with Gasteiger partial charge in [-0.05, 0) is 41.1 Å². The number of hydrogen-bond acceptors (Lipinski definition) is 2. The second-order valence-electron chi connectivity index (χ2n) is 6.55. The van der Waals surface area contributed by atoms with Crippen LogP contribution in [-0.2, 0) is 4.74 Å². The first kappa shape index (κ1) is 21.3. The van der Waals surface area contributed by atoms with E-state index in [1.807, 2.05) is 13.3 Å². The van der Waals surface area contributed by atoms with Crippen LogP contribution in [0.3, 0.4) is 0 Å². The normalized spacial score (nSPS) is 11.0. The van der Waals surface area contributed by atoms with Crippen LogP contribution in [0.25, 0.3) is 0 Å². The molecule has 0 heterocycles. The number of rotatable bonds is 6. The molecule has 1 rings (SSSR count). The zero-order chi connectivity index (χ0) is 16.2. The molecule has 0 N–H and O–H groups in total. The number of hydrogen-bond donors (Lipinski definition) is 0. The van der Waals surface area contributed by atoms with E-state index in [-0.39, 0.29) is 24.8 Å². The second kappa shape index (κ2) is 9.43. The molecule has 1 aromatic rings. The Balaban J connectivity index is 0.00000441. The molecule has 3 heteroatoms. The number of benzene rings is 1. The van der Waals surface area contributed by atoms with Gasteiger partial charge < -0.3 is 4.74 Å². The van der Waals surface area contributed by atoms with Crippen molar-refractivity contribution in [3.8, 4) is 0 Å². The monoisotopic (exact) mass is 296 g/mol. The smallest absolute Gasteiger partial charge is 0.495 e. The molecule has 0 atom stereocenters. The van der Waals surface area contributed by atoms with Crippen molar-refractivity contribution in [2.75, 3.05) is 6.61 Å². The summed E-state index contributed by atoms with van der Waals surface area (Å²) < 4.78 is 5.36. The fourth-order valence-corrected chi connectivity index (χ4v) is 2.42. The molecule has 0 aliphatic rings. The first-order chi connectivity index (χ1) is 9.79. The Kier molecular flexibility index (Phi) is 9.13. The molecule has 0 aliphatic carbocycles. The molecule has 0 unspecified atom stereocenters. The van der Waals surface area contributed by atoms with Crippen LogP contribution in [0.5, 0.6) is 0 Å². The summed E-state index contributed by atoms with van der Waals surface area (Å²) in [6, 6.07) is 4.35. The van der Waals surface area contributed by atoms with Gasteiger partial charge in [-0.1, -0.05) is 53.7 Å². The third kappa shape index (κ3) is 5.18. The van der Waals surface area contributed by atoms with E-state index < -0.39 is 0 Å². The minimum absolute atomic E-state index is 0. The van der Waals surface area contributed by atoms with Gasteiger partial charge in [-0.2, -0.15) is 6.92 Å². The zero-order valence-corrected chi connectivity index (χ0v) is 15.5. The number of carbonyl (C=O) groups is 1. The molecule has 0 amide bonds. The van der Waals surface area contributed by atoms with Crippen molar-refractivity contribution in [3.63, 3.8) is 0 Å². The molecule has 0 aliphatic heterocycles. The van der Waals surface area contributed by atoms with Gasteiger partial charge in [0.2, 0.25) is 0 Å². The Bertz CT molecular complexity index is 461. The Hall–Kier alpha value is -0.713. The van der Waals surface area contributed by atoms with Gasteiger partial charge in [-0.3, -0.25) is 6.42 Å². The molecule has 0 saturated heterocycles. The third-order valence-corrected chi connectivity index (χ3v) is 3.72. The zero-order valence-electron chi connectivity index (χ0n) is 15.5. The van der Waals surface area contributed by atoms with Crippen LogP contribution in [0.4, 0.5) is 0 Å². The summed E-state index contributed by atoms with van der Waals surface area (Å²) >= 11 is 0. The second-order valence-corrected chi connectivity index (χ2v) is 6.55. The van der Waals surface area contributed by atoms with E-state index >= 15 is 0 Å². The minimum Gasteiger partial charge on any atom is -0.495 e. The summed E-state index contributed by atoms with van der Waals surface area (Å²) in [5.74, 6) is 0.855. The maximum Gasteiger partial charge on any atom is 1.00 e. The molecule has 22 heavy (non-hydrogen) atoms. The minimum atomic E-state index is -0.198. The number of carbonyl (C=O) groups excluding carboxylic acids is 1. The van der Waals surface area contributed by atoms with Crippen LogP contribution >= 0.6 is 0 Å². The van der Waals surface area contributed by atoms with Crippen LogP contribution in [0.1, 0.15) is 93.3 Å². The van der Waals surface area contributed by atoms with Crippen LogP contribution in [0.2, 0.25) is 0 Å². The summed E-state index contributed by atoms with van der Waals surface area (Å²) in [5.41, 5.74) is 4.27. The van der Waals surface area contributed by atoms with Crippen LogP contribution < -0.4 is 18.9 Å². The predicted molar refractivity (Wildman–Crippen MR) is 89.0 cm³/mol. The van der Waals surface area contributed by atoms with Gasteiger partial charge in [-0.25, -0.2) is 4.79 Å². The van der Waals surface area contributed by atoms with Crippen molar-refractivity contribution in [1.29, 1.82) is 0 Å². The largest absolute Gasteiger partial charge is 1.00 e. The third-order valence-electron chi connectivity index (χ3n) is 3.72. The van der Waals surface area contributed by atoms with E-state index in [0.717, 1.165) is 16.7 Å². The van der Waals surface area contributed by atoms with E-state index in [9.17, 15) is 4.79 Å². The van der Waals surface area contributed by atoms with Crippen LogP contribution in [0, 0.1) is 6.42 Å². The topological polar surface area (TPSA) is 26.3 Å². The molecule has 0 saturated carbocycles. The van der Waals surface area contributed by atoms with Crippen molar-refractivity contribution in [2.24, 2.45) is 0 Å². The molecular formula is C19H29LiO2. The van der Waals surface area contributed by atoms with E-state index in [1.165, 1.54) is 5.56 Å². The fraction of sp³-hybridized carbons (Fsp3) is 0.579. The molecule has 0 bridgehead atoms. The quantitative estimate of drug-likeness (QED) is 0.458. The van der Waals surface area contributed by atoms with E-state index in [0.29, 0.717) is 24.4 Å². The van der Waals surface area contributed by atoms with Crippen molar-refractivity contribution in [3.05, 3.63) is 40.8 Å². The Morgan fingerprint density at radius 2 is 1.45 bits per heavy atom. The van der Waals surface area contributed by atoms with E-state index in [4.69, 9.17) is 4.74 Å². The Morgan fingerprint density at radius 3 is 1.77 bits per heavy atom. The molecule has 0 fully saturated rings. The standard InChI is InChI=1S/C19H29O2.Li/c1-8-9-21-19(20)18-16(13(4)5)10-15(12(2)3)11-17(18)14(6)7;/h8,10-14H,9H2,1-7H3;/q-1;+1. The number of esters is 1. The number of ether oxygens (including phenoxy) is 1. The van der Waals surface area contributed by atoms with Crippen molar-refractivity contribution < 1.29 is 28.4 Å². The summed E-state index contributed by atoms with van der Waals surface area (Å²) in [6.07, 6.45) is 1.85. The van der Waals surface area contributed by atoms with Crippen molar-refractivity contribution >= 4 is 5.97 Å². The average molecular weight is 296 g/mol. The van der Waals surface area contributed by atoms with Crippen molar-refractivity contribution in [2.45, 2.75) is 66.2 Å². The summed E-state index contributed by atoms with van der Waals surface area (Å²) in [4.78, 5) is 12.5. The SMILES string of the molecule is C[CH-]COC(=O)c1c(C(C)C)cc(C(C)C)cc1C(C)C.[Li+]. The molecule has 1 aromatic carbocycles. The van der Waals surface area contributed by atoms with Gasteiger partial charge in [0.1, 0.15) is 0 Å². The van der Waals surface area contributed by atoms with Gasteiger partial charge in [-0.15, -0.1) is 0 Å².